The molecular formula is C20H25N3O6. The average Bonchev–Trinajstić information content (AvgIpc) is 2.70. The third kappa shape index (κ3) is 5.05. The lowest BCUT2D eigenvalue weighted by Crippen LogP contribution is -2.36. The maximum Gasteiger partial charge on any atom is 0.336 e. The highest BCUT2D eigenvalue weighted by molar-refractivity contribution is 6.07. The van der Waals surface area contributed by atoms with Crippen LogP contribution in [0, 0.1) is 16.0 Å². The molecule has 0 saturated heterocycles. The first-order chi connectivity index (χ1) is 13.8. The molecule has 0 saturated carbocycles. The van der Waals surface area contributed by atoms with Crippen molar-refractivity contribution in [1.82, 2.24) is 0 Å². The molecule has 2 N–H and O–H groups in total. The lowest BCUT2D eigenvalue weighted by Gasteiger charge is -2.31. The second-order valence-electron chi connectivity index (χ2n) is 6.71. The molecule has 2 unspecified atom stereocenters. The maximum atomic E-state index is 12.9. The normalized spacial score (nSPS) is 18.8. The number of nitrogens with two attached hydrogens (primary N) is 1. The number of carbonyl (C=O) groups excluding carboxylic acids is 2. The Morgan fingerprint density at radius 2 is 2.00 bits per heavy atom. The van der Waals surface area contributed by atoms with Crippen molar-refractivity contribution in [2.24, 2.45) is 16.6 Å². The number of aliphatic imine (C=N–C) groups is 1. The summed E-state index contributed by atoms with van der Waals surface area (Å²) in [6.45, 7) is 3.99. The number of allylic oxidation sites excluding steroid dienone is 1. The molecule has 0 bridgehead atoms. The number of methoxy groups -OCH3 is 1. The van der Waals surface area contributed by atoms with E-state index in [1.165, 1.54) is 25.3 Å². The van der Waals surface area contributed by atoms with Crippen LogP contribution in [0.15, 0.2) is 40.5 Å². The van der Waals surface area contributed by atoms with Crippen molar-refractivity contribution in [3.05, 3.63) is 51.2 Å². The van der Waals surface area contributed by atoms with Crippen LogP contribution in [0.4, 0.5) is 5.69 Å². The molecule has 0 radical (unpaired) electrons. The minimum absolute atomic E-state index is 0.139. The third-order valence-corrected chi connectivity index (χ3v) is 4.78. The first-order valence-corrected chi connectivity index (χ1v) is 9.27. The Balaban J connectivity index is 2.52. The van der Waals surface area contributed by atoms with Crippen LogP contribution >= 0.6 is 0 Å². The predicted octanol–water partition coefficient (Wildman–Crippen LogP) is 2.50. The van der Waals surface area contributed by atoms with Gasteiger partial charge in [0.15, 0.2) is 0 Å². The molecule has 1 aromatic rings. The summed E-state index contributed by atoms with van der Waals surface area (Å²) in [7, 11) is 1.25. The Kier molecular flexibility index (Phi) is 7.60. The minimum Gasteiger partial charge on any atom is -0.468 e. The fourth-order valence-corrected chi connectivity index (χ4v) is 3.42. The molecule has 2 atom stereocenters. The standard InChI is InChI=1S/C20H25N3O6/c1-12-16(19(24)28-3)18(14-7-6-8-15(11-14)23(26)27)17(13(2)22-12)20(25)29-10-5-4-9-21/h6-8,11,16,18H,4-5,9-10,21H2,1-3H3. The molecule has 9 heteroatoms. The summed E-state index contributed by atoms with van der Waals surface area (Å²) in [6.07, 6.45) is 1.32. The van der Waals surface area contributed by atoms with Gasteiger partial charge in [0.2, 0.25) is 0 Å². The summed E-state index contributed by atoms with van der Waals surface area (Å²) in [5.74, 6) is -2.89. The summed E-state index contributed by atoms with van der Waals surface area (Å²) >= 11 is 0. The van der Waals surface area contributed by atoms with Crippen molar-refractivity contribution in [1.29, 1.82) is 0 Å². The second-order valence-corrected chi connectivity index (χ2v) is 6.71. The molecule has 0 aliphatic carbocycles. The molecule has 0 fully saturated rings. The fourth-order valence-electron chi connectivity index (χ4n) is 3.42. The first kappa shape index (κ1) is 22.2. The third-order valence-electron chi connectivity index (χ3n) is 4.78. The van der Waals surface area contributed by atoms with Crippen LogP contribution in [0.3, 0.4) is 0 Å². The van der Waals surface area contributed by atoms with Crippen LogP contribution in [0.25, 0.3) is 0 Å². The number of esters is 2. The van der Waals surface area contributed by atoms with Gasteiger partial charge in [0, 0.05) is 29.5 Å². The van der Waals surface area contributed by atoms with E-state index in [-0.39, 0.29) is 17.9 Å². The van der Waals surface area contributed by atoms with Gasteiger partial charge in [-0.3, -0.25) is 19.9 Å². The zero-order chi connectivity index (χ0) is 21.6. The minimum atomic E-state index is -0.891. The van der Waals surface area contributed by atoms with Crippen molar-refractivity contribution in [3.8, 4) is 0 Å². The summed E-state index contributed by atoms with van der Waals surface area (Å²) < 4.78 is 10.3. The van der Waals surface area contributed by atoms with Crippen molar-refractivity contribution in [3.63, 3.8) is 0 Å². The number of unbranched alkanes of at least 4 members (excludes halogenated alkanes) is 1. The summed E-state index contributed by atoms with van der Waals surface area (Å²) in [6, 6.07) is 5.86. The number of ether oxygens (including phenoxy) is 2. The van der Waals surface area contributed by atoms with Gasteiger partial charge >= 0.3 is 11.9 Å². The number of hydrogen-bond acceptors (Lipinski definition) is 8. The summed E-state index contributed by atoms with van der Waals surface area (Å²) in [4.78, 5) is 40.5. The summed E-state index contributed by atoms with van der Waals surface area (Å²) in [5, 5.41) is 11.2. The van der Waals surface area contributed by atoms with Gasteiger partial charge in [0.1, 0.15) is 5.92 Å². The Morgan fingerprint density at radius 1 is 1.28 bits per heavy atom. The highest BCUT2D eigenvalue weighted by Crippen LogP contribution is 2.40. The van der Waals surface area contributed by atoms with E-state index >= 15 is 0 Å². The average molecular weight is 403 g/mol. The van der Waals surface area contributed by atoms with E-state index in [0.717, 1.165) is 0 Å². The van der Waals surface area contributed by atoms with Gasteiger partial charge in [-0.25, -0.2) is 4.79 Å². The smallest absolute Gasteiger partial charge is 0.336 e. The van der Waals surface area contributed by atoms with E-state index in [1.807, 2.05) is 0 Å². The van der Waals surface area contributed by atoms with Gasteiger partial charge in [-0.1, -0.05) is 12.1 Å². The number of hydrogen-bond donors (Lipinski definition) is 1. The fraction of sp³-hybridized carbons (Fsp3) is 0.450. The molecule has 156 valence electrons. The molecular weight excluding hydrogens is 378 g/mol. The van der Waals surface area contributed by atoms with Crippen molar-refractivity contribution >= 4 is 23.3 Å². The number of carbonyl (C=O) groups is 2. The van der Waals surface area contributed by atoms with Crippen LogP contribution in [-0.2, 0) is 19.1 Å². The molecule has 9 nitrogen and oxygen atoms in total. The van der Waals surface area contributed by atoms with E-state index in [1.54, 1.807) is 19.9 Å². The lowest BCUT2D eigenvalue weighted by atomic mass is 9.75. The number of nitrogens with zero attached hydrogens (tertiary/aromatic N) is 2. The molecule has 0 amide bonds. The van der Waals surface area contributed by atoms with Crippen LogP contribution < -0.4 is 5.73 Å². The zero-order valence-corrected chi connectivity index (χ0v) is 16.7. The number of non-ortho nitro benzene ring substituents is 1. The van der Waals surface area contributed by atoms with E-state index in [4.69, 9.17) is 15.2 Å². The Bertz CT molecular complexity index is 862. The molecule has 1 aliphatic heterocycles. The van der Waals surface area contributed by atoms with Crippen molar-refractivity contribution < 1.29 is 24.0 Å². The molecule has 1 heterocycles. The molecule has 1 aliphatic rings. The summed E-state index contributed by atoms with van der Waals surface area (Å²) in [5.41, 5.74) is 6.82. The van der Waals surface area contributed by atoms with Crippen LogP contribution in [0.1, 0.15) is 38.2 Å². The van der Waals surface area contributed by atoms with E-state index in [9.17, 15) is 19.7 Å². The second kappa shape index (κ2) is 9.92. The topological polar surface area (TPSA) is 134 Å². The number of rotatable bonds is 8. The van der Waals surface area contributed by atoms with E-state index in [2.05, 4.69) is 4.99 Å². The largest absolute Gasteiger partial charge is 0.468 e. The Labute approximate surface area is 168 Å². The highest BCUT2D eigenvalue weighted by atomic mass is 16.6. The Morgan fingerprint density at radius 3 is 2.62 bits per heavy atom. The van der Waals surface area contributed by atoms with Gasteiger partial charge in [-0.2, -0.15) is 0 Å². The van der Waals surface area contributed by atoms with Gasteiger partial charge < -0.3 is 15.2 Å². The van der Waals surface area contributed by atoms with Crippen molar-refractivity contribution in [2.45, 2.75) is 32.6 Å². The molecule has 0 spiro atoms. The molecule has 1 aromatic carbocycles. The SMILES string of the molecule is COC(=O)C1C(C)=NC(C)=C(C(=O)OCCCCN)C1c1cccc([N+](=O)[O-])c1. The maximum absolute atomic E-state index is 12.9. The number of nitro groups is 1. The molecule has 0 aromatic heterocycles. The van der Waals surface area contributed by atoms with E-state index < -0.39 is 28.7 Å². The zero-order valence-electron chi connectivity index (χ0n) is 16.7. The predicted molar refractivity (Wildman–Crippen MR) is 106 cm³/mol. The number of benzene rings is 1. The monoisotopic (exact) mass is 403 g/mol. The van der Waals surface area contributed by atoms with Gasteiger partial charge in [-0.15, -0.1) is 0 Å². The van der Waals surface area contributed by atoms with Crippen molar-refractivity contribution in [2.75, 3.05) is 20.3 Å². The lowest BCUT2D eigenvalue weighted by molar-refractivity contribution is -0.384. The number of nitro benzene ring substituents is 1. The van der Waals surface area contributed by atoms with Crippen LogP contribution in [0.2, 0.25) is 0 Å². The van der Waals surface area contributed by atoms with Gasteiger partial charge in [0.25, 0.3) is 5.69 Å². The Hall–Kier alpha value is -3.07. The molecule has 2 rings (SSSR count). The first-order valence-electron chi connectivity index (χ1n) is 9.27. The van der Waals surface area contributed by atoms with Crippen LogP contribution in [-0.4, -0.2) is 42.8 Å². The van der Waals surface area contributed by atoms with Crippen LogP contribution in [0.5, 0.6) is 0 Å². The highest BCUT2D eigenvalue weighted by Gasteiger charge is 2.42. The van der Waals surface area contributed by atoms with Gasteiger partial charge in [-0.05, 0) is 38.8 Å². The van der Waals surface area contributed by atoms with Gasteiger partial charge in [0.05, 0.1) is 24.2 Å². The van der Waals surface area contributed by atoms with E-state index in [0.29, 0.717) is 36.4 Å². The molecule has 29 heavy (non-hydrogen) atoms. The quantitative estimate of drug-likeness (QED) is 0.305.